The Balaban J connectivity index is 1.67. The number of fused-ring (bicyclic) bond motifs is 1. The Morgan fingerprint density at radius 3 is 3.00 bits per heavy atom. The molecule has 0 aromatic carbocycles. The SMILES string of the molecule is COc1ccc2ncc(F)c(CC[C@H]3CC[C@@H](NC(=O)O)CO3)c2n1. The molecule has 3 heterocycles. The van der Waals surface area contributed by atoms with E-state index in [1.807, 2.05) is 0 Å². The zero-order valence-corrected chi connectivity index (χ0v) is 13.9. The van der Waals surface area contributed by atoms with E-state index in [4.69, 9.17) is 14.6 Å². The van der Waals surface area contributed by atoms with Gasteiger partial charge in [-0.05, 0) is 31.7 Å². The first-order valence-corrected chi connectivity index (χ1v) is 8.16. The molecule has 134 valence electrons. The molecule has 3 rings (SSSR count). The van der Waals surface area contributed by atoms with E-state index < -0.39 is 11.9 Å². The van der Waals surface area contributed by atoms with E-state index in [1.54, 1.807) is 12.1 Å². The molecule has 1 fully saturated rings. The summed E-state index contributed by atoms with van der Waals surface area (Å²) in [5.41, 5.74) is 1.62. The first kappa shape index (κ1) is 17.3. The summed E-state index contributed by atoms with van der Waals surface area (Å²) in [7, 11) is 1.51. The fourth-order valence-corrected chi connectivity index (χ4v) is 3.06. The fraction of sp³-hybridized carbons (Fsp3) is 0.471. The third-order valence-electron chi connectivity index (χ3n) is 4.36. The molecule has 1 amide bonds. The molecule has 0 aliphatic carbocycles. The number of pyridine rings is 2. The van der Waals surface area contributed by atoms with Crippen molar-refractivity contribution in [3.63, 3.8) is 0 Å². The number of ether oxygens (including phenoxy) is 2. The Bertz CT molecular complexity index is 763. The quantitative estimate of drug-likeness (QED) is 0.861. The molecule has 2 atom stereocenters. The van der Waals surface area contributed by atoms with Gasteiger partial charge in [0.25, 0.3) is 0 Å². The smallest absolute Gasteiger partial charge is 0.404 e. The molecule has 1 aliphatic heterocycles. The zero-order chi connectivity index (χ0) is 17.8. The maximum Gasteiger partial charge on any atom is 0.404 e. The van der Waals surface area contributed by atoms with Crippen LogP contribution in [0.2, 0.25) is 0 Å². The molecule has 0 radical (unpaired) electrons. The maximum atomic E-state index is 14.3. The summed E-state index contributed by atoms with van der Waals surface area (Å²) in [4.78, 5) is 19.0. The van der Waals surface area contributed by atoms with E-state index in [0.717, 1.165) is 6.42 Å². The van der Waals surface area contributed by atoms with Crippen molar-refractivity contribution in [3.8, 4) is 5.88 Å². The van der Waals surface area contributed by atoms with Crippen LogP contribution in [0.4, 0.5) is 9.18 Å². The molecule has 0 spiro atoms. The van der Waals surface area contributed by atoms with Gasteiger partial charge in [-0.25, -0.2) is 14.2 Å². The molecule has 1 saturated heterocycles. The second-order valence-electron chi connectivity index (χ2n) is 6.02. The highest BCUT2D eigenvalue weighted by atomic mass is 19.1. The van der Waals surface area contributed by atoms with Crippen LogP contribution in [0.3, 0.4) is 0 Å². The van der Waals surface area contributed by atoms with Gasteiger partial charge in [-0.1, -0.05) is 0 Å². The van der Waals surface area contributed by atoms with Crippen molar-refractivity contribution in [2.75, 3.05) is 13.7 Å². The largest absolute Gasteiger partial charge is 0.481 e. The summed E-state index contributed by atoms with van der Waals surface area (Å²) >= 11 is 0. The average Bonchev–Trinajstić information content (AvgIpc) is 2.61. The lowest BCUT2D eigenvalue weighted by Crippen LogP contribution is -2.42. The number of rotatable bonds is 5. The fourth-order valence-electron chi connectivity index (χ4n) is 3.06. The van der Waals surface area contributed by atoms with E-state index >= 15 is 0 Å². The standard InChI is InChI=1S/C17H20FN3O4/c1-24-15-7-6-14-16(21-15)12(13(18)8-19-14)5-4-11-3-2-10(9-25-11)20-17(22)23/h6-8,10-11,20H,2-5,9H2,1H3,(H,22,23)/t10-,11-/m1/s1. The molecular weight excluding hydrogens is 329 g/mol. The lowest BCUT2D eigenvalue weighted by atomic mass is 9.98. The number of carbonyl (C=O) groups is 1. The predicted molar refractivity (Wildman–Crippen MR) is 88.3 cm³/mol. The van der Waals surface area contributed by atoms with E-state index in [2.05, 4.69) is 15.3 Å². The predicted octanol–water partition coefficient (Wildman–Crippen LogP) is 2.53. The van der Waals surface area contributed by atoms with Gasteiger partial charge >= 0.3 is 6.09 Å². The normalized spacial score (nSPS) is 20.4. The summed E-state index contributed by atoms with van der Waals surface area (Å²) in [6, 6.07) is 3.26. The van der Waals surface area contributed by atoms with Gasteiger partial charge < -0.3 is 19.9 Å². The zero-order valence-electron chi connectivity index (χ0n) is 13.9. The van der Waals surface area contributed by atoms with Crippen LogP contribution in [-0.4, -0.2) is 47.0 Å². The van der Waals surface area contributed by atoms with Crippen molar-refractivity contribution < 1.29 is 23.8 Å². The Morgan fingerprint density at radius 1 is 1.48 bits per heavy atom. The Morgan fingerprint density at radius 2 is 2.32 bits per heavy atom. The Hall–Kier alpha value is -2.48. The molecule has 0 saturated carbocycles. The monoisotopic (exact) mass is 349 g/mol. The third kappa shape index (κ3) is 4.14. The molecular formula is C17H20FN3O4. The van der Waals surface area contributed by atoms with Crippen molar-refractivity contribution in [3.05, 3.63) is 29.7 Å². The number of aromatic nitrogens is 2. The first-order valence-electron chi connectivity index (χ1n) is 8.16. The van der Waals surface area contributed by atoms with Crippen LogP contribution in [0.15, 0.2) is 18.3 Å². The Labute approximate surface area is 144 Å². The molecule has 25 heavy (non-hydrogen) atoms. The highest BCUT2D eigenvalue weighted by molar-refractivity contribution is 5.78. The first-order chi connectivity index (χ1) is 12.1. The average molecular weight is 349 g/mol. The van der Waals surface area contributed by atoms with Gasteiger partial charge in [0.05, 0.1) is 43.1 Å². The number of aryl methyl sites for hydroxylation is 1. The van der Waals surface area contributed by atoms with Gasteiger partial charge in [0, 0.05) is 11.6 Å². The summed E-state index contributed by atoms with van der Waals surface area (Å²) in [5, 5.41) is 11.1. The minimum Gasteiger partial charge on any atom is -0.481 e. The van der Waals surface area contributed by atoms with Crippen LogP contribution in [0.5, 0.6) is 5.88 Å². The lowest BCUT2D eigenvalue weighted by Gasteiger charge is -2.29. The van der Waals surface area contributed by atoms with Crippen molar-refractivity contribution >= 4 is 17.1 Å². The van der Waals surface area contributed by atoms with Crippen LogP contribution in [0.25, 0.3) is 11.0 Å². The van der Waals surface area contributed by atoms with Gasteiger partial charge in [-0.15, -0.1) is 0 Å². The topological polar surface area (TPSA) is 93.6 Å². The summed E-state index contributed by atoms with van der Waals surface area (Å²) in [5.74, 6) is 0.0205. The number of hydrogen-bond acceptors (Lipinski definition) is 5. The van der Waals surface area contributed by atoms with Gasteiger partial charge in [0.2, 0.25) is 5.88 Å². The molecule has 1 aliphatic rings. The molecule has 2 aromatic heterocycles. The van der Waals surface area contributed by atoms with Crippen LogP contribution >= 0.6 is 0 Å². The van der Waals surface area contributed by atoms with Crippen molar-refractivity contribution in [1.29, 1.82) is 0 Å². The summed E-state index contributed by atoms with van der Waals surface area (Å²) < 4.78 is 25.1. The number of amides is 1. The van der Waals surface area contributed by atoms with E-state index in [0.29, 0.717) is 48.3 Å². The van der Waals surface area contributed by atoms with Crippen LogP contribution in [0.1, 0.15) is 24.8 Å². The maximum absolute atomic E-state index is 14.3. The molecule has 2 aromatic rings. The van der Waals surface area contributed by atoms with E-state index in [-0.39, 0.29) is 12.1 Å². The second-order valence-corrected chi connectivity index (χ2v) is 6.02. The van der Waals surface area contributed by atoms with E-state index in [9.17, 15) is 9.18 Å². The molecule has 8 heteroatoms. The van der Waals surface area contributed by atoms with Crippen molar-refractivity contribution in [1.82, 2.24) is 15.3 Å². The number of halogens is 1. The lowest BCUT2D eigenvalue weighted by molar-refractivity contribution is -0.00576. The number of nitrogens with one attached hydrogen (secondary N) is 1. The third-order valence-corrected chi connectivity index (χ3v) is 4.36. The highest BCUT2D eigenvalue weighted by Crippen LogP contribution is 2.24. The highest BCUT2D eigenvalue weighted by Gasteiger charge is 2.23. The van der Waals surface area contributed by atoms with Gasteiger partial charge in [-0.3, -0.25) is 4.98 Å². The molecule has 0 bridgehead atoms. The van der Waals surface area contributed by atoms with Crippen molar-refractivity contribution in [2.45, 2.75) is 37.8 Å². The van der Waals surface area contributed by atoms with Crippen LogP contribution < -0.4 is 10.1 Å². The number of nitrogens with zero attached hydrogens (tertiary/aromatic N) is 2. The van der Waals surface area contributed by atoms with Gasteiger partial charge in [0.1, 0.15) is 5.82 Å². The number of carboxylic acid groups (broad SMARTS) is 1. The van der Waals surface area contributed by atoms with Crippen molar-refractivity contribution in [2.24, 2.45) is 0 Å². The minimum atomic E-state index is -1.04. The summed E-state index contributed by atoms with van der Waals surface area (Å²) in [6.45, 7) is 0.336. The second kappa shape index (κ2) is 7.60. The Kier molecular flexibility index (Phi) is 5.28. The molecule has 7 nitrogen and oxygen atoms in total. The molecule has 2 N–H and O–H groups in total. The van der Waals surface area contributed by atoms with E-state index in [1.165, 1.54) is 13.3 Å². The van der Waals surface area contributed by atoms with Crippen LogP contribution in [-0.2, 0) is 11.2 Å². The van der Waals surface area contributed by atoms with Crippen LogP contribution in [0, 0.1) is 5.82 Å². The van der Waals surface area contributed by atoms with Gasteiger partial charge in [-0.2, -0.15) is 0 Å². The number of hydrogen-bond donors (Lipinski definition) is 2. The molecule has 0 unspecified atom stereocenters. The number of methoxy groups -OCH3 is 1. The summed E-state index contributed by atoms with van der Waals surface area (Å²) in [6.07, 6.45) is 2.67. The minimum absolute atomic E-state index is 0.0277. The van der Waals surface area contributed by atoms with Gasteiger partial charge in [0.15, 0.2) is 0 Å².